The second-order valence-electron chi connectivity index (χ2n) is 8.16. The summed E-state index contributed by atoms with van der Waals surface area (Å²) in [5.74, 6) is 0.438. The monoisotopic (exact) mass is 488 g/mol. The zero-order chi connectivity index (χ0) is 25.3. The van der Waals surface area contributed by atoms with Crippen molar-refractivity contribution in [2.75, 3.05) is 13.9 Å². The van der Waals surface area contributed by atoms with E-state index in [1.54, 1.807) is 25.1 Å². The van der Waals surface area contributed by atoms with Crippen molar-refractivity contribution in [3.05, 3.63) is 107 Å². The summed E-state index contributed by atoms with van der Waals surface area (Å²) in [6, 6.07) is 23.8. The van der Waals surface area contributed by atoms with Gasteiger partial charge in [-0.2, -0.15) is 0 Å². The quantitative estimate of drug-likeness (QED) is 0.319. The fraction of sp³-hybridized carbons (Fsp3) is 0.214. The average Bonchev–Trinajstić information content (AvgIpc) is 2.90. The molecule has 0 aromatic heterocycles. The second kappa shape index (κ2) is 11.9. The smallest absolute Gasteiger partial charge is 0.340 e. The molecule has 1 unspecified atom stereocenters. The van der Waals surface area contributed by atoms with Gasteiger partial charge in [0.15, 0.2) is 18.3 Å². The molecule has 0 saturated carbocycles. The number of hydrogen-bond acceptors (Lipinski definition) is 6. The fourth-order valence-electron chi connectivity index (χ4n) is 3.81. The summed E-state index contributed by atoms with van der Waals surface area (Å²) in [7, 11) is 1.43. The molecule has 0 bridgehead atoms. The van der Waals surface area contributed by atoms with Crippen LogP contribution in [0.15, 0.2) is 90.1 Å². The Kier molecular flexibility index (Phi) is 8.20. The predicted molar refractivity (Wildman–Crippen MR) is 133 cm³/mol. The number of nitrogens with one attached hydrogen (secondary N) is 2. The Labute approximate surface area is 209 Å². The molecule has 3 aromatic rings. The third-order valence-corrected chi connectivity index (χ3v) is 5.57. The first-order valence-electron chi connectivity index (χ1n) is 11.5. The summed E-state index contributed by atoms with van der Waals surface area (Å²) in [6.07, 6.45) is 0. The molecule has 1 atom stereocenters. The number of carbonyl (C=O) groups is 2. The third kappa shape index (κ3) is 6.22. The van der Waals surface area contributed by atoms with Gasteiger partial charge in [-0.05, 0) is 35.7 Å². The normalized spacial score (nSPS) is 15.1. The third-order valence-electron chi connectivity index (χ3n) is 5.57. The lowest BCUT2D eigenvalue weighted by molar-refractivity contribution is -0.149. The first-order valence-corrected chi connectivity index (χ1v) is 11.5. The van der Waals surface area contributed by atoms with Crippen LogP contribution in [0.1, 0.15) is 29.7 Å². The molecule has 1 heterocycles. The molecule has 2 amide bonds. The summed E-state index contributed by atoms with van der Waals surface area (Å²) >= 11 is 0. The van der Waals surface area contributed by atoms with Crippen LogP contribution in [0.3, 0.4) is 0 Å². The molecule has 1 aliphatic rings. The van der Waals surface area contributed by atoms with Crippen LogP contribution in [0.2, 0.25) is 0 Å². The van der Waals surface area contributed by atoms with E-state index in [0.717, 1.165) is 11.1 Å². The van der Waals surface area contributed by atoms with Crippen LogP contribution in [0.4, 0.5) is 4.79 Å². The van der Waals surface area contributed by atoms with Crippen molar-refractivity contribution in [1.82, 2.24) is 10.6 Å². The Morgan fingerprint density at radius 2 is 1.47 bits per heavy atom. The zero-order valence-corrected chi connectivity index (χ0v) is 20.2. The molecular formula is C28H28N2O6. The highest BCUT2D eigenvalue weighted by Crippen LogP contribution is 2.35. The lowest BCUT2D eigenvalue weighted by Crippen LogP contribution is -2.45. The van der Waals surface area contributed by atoms with Crippen molar-refractivity contribution in [3.63, 3.8) is 0 Å². The second-order valence-corrected chi connectivity index (χ2v) is 8.16. The van der Waals surface area contributed by atoms with Crippen LogP contribution < -0.4 is 20.1 Å². The Balaban J connectivity index is 1.64. The van der Waals surface area contributed by atoms with Gasteiger partial charge in [-0.3, -0.25) is 0 Å². The van der Waals surface area contributed by atoms with Crippen LogP contribution >= 0.6 is 0 Å². The minimum atomic E-state index is -0.745. The van der Waals surface area contributed by atoms with Gasteiger partial charge < -0.3 is 29.6 Å². The number of rotatable bonds is 10. The van der Waals surface area contributed by atoms with Crippen molar-refractivity contribution in [2.45, 2.75) is 26.2 Å². The number of amides is 2. The molecule has 4 rings (SSSR count). The van der Waals surface area contributed by atoms with Crippen molar-refractivity contribution in [2.24, 2.45) is 0 Å². The van der Waals surface area contributed by atoms with E-state index in [0.29, 0.717) is 36.0 Å². The molecule has 36 heavy (non-hydrogen) atoms. The van der Waals surface area contributed by atoms with Gasteiger partial charge in [0.1, 0.15) is 13.2 Å². The molecular weight excluding hydrogens is 460 g/mol. The molecule has 0 spiro atoms. The van der Waals surface area contributed by atoms with Gasteiger partial charge in [-0.25, -0.2) is 9.59 Å². The zero-order valence-electron chi connectivity index (χ0n) is 20.2. The number of esters is 1. The van der Waals surface area contributed by atoms with Gasteiger partial charge in [0, 0.05) is 12.8 Å². The average molecular weight is 489 g/mol. The predicted octanol–water partition coefficient (Wildman–Crippen LogP) is 4.62. The molecule has 2 N–H and O–H groups in total. The lowest BCUT2D eigenvalue weighted by Gasteiger charge is -2.28. The van der Waals surface area contributed by atoms with E-state index in [2.05, 4.69) is 10.6 Å². The summed E-state index contributed by atoms with van der Waals surface area (Å²) < 4.78 is 22.3. The van der Waals surface area contributed by atoms with Crippen LogP contribution in [0.5, 0.6) is 11.5 Å². The maximum Gasteiger partial charge on any atom is 0.340 e. The van der Waals surface area contributed by atoms with Crippen LogP contribution in [-0.2, 0) is 27.5 Å². The number of allylic oxidation sites excluding steroid dienone is 1. The van der Waals surface area contributed by atoms with Gasteiger partial charge >= 0.3 is 12.0 Å². The molecule has 0 saturated heterocycles. The molecule has 8 heteroatoms. The number of urea groups is 1. The highest BCUT2D eigenvalue weighted by Gasteiger charge is 2.33. The summed E-state index contributed by atoms with van der Waals surface area (Å²) in [5.41, 5.74) is 3.33. The van der Waals surface area contributed by atoms with Gasteiger partial charge in [-0.1, -0.05) is 66.7 Å². The lowest BCUT2D eigenvalue weighted by atomic mass is 9.95. The molecule has 186 valence electrons. The molecule has 0 fully saturated rings. The van der Waals surface area contributed by atoms with Gasteiger partial charge in [0.05, 0.1) is 11.6 Å². The highest BCUT2D eigenvalue weighted by atomic mass is 16.7. The largest absolute Gasteiger partial charge is 0.485 e. The molecule has 0 aliphatic carbocycles. The number of hydrogen-bond donors (Lipinski definition) is 2. The Morgan fingerprint density at radius 1 is 0.861 bits per heavy atom. The first kappa shape index (κ1) is 24.8. The van der Waals surface area contributed by atoms with Gasteiger partial charge in [0.2, 0.25) is 0 Å². The van der Waals surface area contributed by atoms with Crippen molar-refractivity contribution >= 4 is 12.0 Å². The van der Waals surface area contributed by atoms with Crippen LogP contribution in [-0.4, -0.2) is 25.9 Å². The van der Waals surface area contributed by atoms with E-state index < -0.39 is 18.0 Å². The first-order chi connectivity index (χ1) is 17.5. The number of carbonyl (C=O) groups excluding carboxylic acids is 2. The summed E-state index contributed by atoms with van der Waals surface area (Å²) in [4.78, 5) is 25.0. The van der Waals surface area contributed by atoms with Crippen LogP contribution in [0.25, 0.3) is 0 Å². The number of ether oxygens (including phenoxy) is 4. The molecule has 3 aromatic carbocycles. The number of methoxy groups -OCH3 is 1. The van der Waals surface area contributed by atoms with Gasteiger partial charge in [-0.15, -0.1) is 0 Å². The van der Waals surface area contributed by atoms with Crippen molar-refractivity contribution in [1.29, 1.82) is 0 Å². The molecule has 0 radical (unpaired) electrons. The van der Waals surface area contributed by atoms with E-state index in [1.807, 2.05) is 60.7 Å². The topological polar surface area (TPSA) is 95.1 Å². The van der Waals surface area contributed by atoms with Crippen molar-refractivity contribution in [3.8, 4) is 11.5 Å². The van der Waals surface area contributed by atoms with E-state index in [9.17, 15) is 9.59 Å². The van der Waals surface area contributed by atoms with Gasteiger partial charge in [0.25, 0.3) is 0 Å². The van der Waals surface area contributed by atoms with E-state index in [1.165, 1.54) is 7.11 Å². The Morgan fingerprint density at radius 3 is 2.08 bits per heavy atom. The molecule has 8 nitrogen and oxygen atoms in total. The van der Waals surface area contributed by atoms with E-state index in [4.69, 9.17) is 18.9 Å². The number of benzene rings is 3. The minimum Gasteiger partial charge on any atom is -0.485 e. The minimum absolute atomic E-state index is 0.200. The Bertz CT molecular complexity index is 1230. The van der Waals surface area contributed by atoms with Crippen LogP contribution in [0, 0.1) is 0 Å². The maximum atomic E-state index is 12.8. The van der Waals surface area contributed by atoms with E-state index >= 15 is 0 Å². The van der Waals surface area contributed by atoms with Crippen molar-refractivity contribution < 1.29 is 28.5 Å². The SMILES string of the molecule is COCOC(=O)C1=C(C)NC(=O)NC1c1ccc(OCc2ccccc2)c(OCc2ccccc2)c1. The summed E-state index contributed by atoms with van der Waals surface area (Å²) in [6.45, 7) is 2.13. The maximum absolute atomic E-state index is 12.8. The van der Waals surface area contributed by atoms with E-state index in [-0.39, 0.29) is 12.4 Å². The highest BCUT2D eigenvalue weighted by molar-refractivity contribution is 5.95. The standard InChI is InChI=1S/C28H28N2O6/c1-19-25(27(31)36-18-33-2)26(30-28(32)29-19)22-13-14-23(34-16-20-9-5-3-6-10-20)24(15-22)35-17-21-11-7-4-8-12-21/h3-15,26H,16-18H2,1-2H3,(H2,29,30,32). The summed E-state index contributed by atoms with van der Waals surface area (Å²) in [5, 5.41) is 5.43. The molecule has 1 aliphatic heterocycles. The Hall–Kier alpha value is -4.30. The fourth-order valence-corrected chi connectivity index (χ4v) is 3.81.